The highest BCUT2D eigenvalue weighted by molar-refractivity contribution is 9.10. The third-order valence-corrected chi connectivity index (χ3v) is 2.64. The molecule has 1 aromatic carbocycles. The molecule has 1 aliphatic rings. The van der Waals surface area contributed by atoms with Crippen LogP contribution in [0.4, 0.5) is 10.1 Å². The normalized spacial score (nSPS) is 20.4. The molecule has 64 valence electrons. The van der Waals surface area contributed by atoms with Gasteiger partial charge in [0, 0.05) is 16.6 Å². The molecule has 1 aliphatic heterocycles. The number of hydrogen-bond donors (Lipinski definition) is 2. The average Bonchev–Trinajstić information content (AvgIpc) is 2.42. The lowest BCUT2D eigenvalue weighted by Gasteiger charge is -2.04. The van der Waals surface area contributed by atoms with Crippen LogP contribution in [0.1, 0.15) is 11.7 Å². The topological polar surface area (TPSA) is 32.3 Å². The molecule has 0 aromatic heterocycles. The van der Waals surface area contributed by atoms with Crippen molar-refractivity contribution < 1.29 is 9.50 Å². The minimum absolute atomic E-state index is 0.315. The lowest BCUT2D eigenvalue weighted by atomic mass is 10.1. The molecule has 1 heterocycles. The van der Waals surface area contributed by atoms with Crippen LogP contribution in [0.25, 0.3) is 0 Å². The fourth-order valence-corrected chi connectivity index (χ4v) is 1.97. The molecular formula is C8H7BrFNO. The van der Waals surface area contributed by atoms with Crippen LogP contribution in [0.15, 0.2) is 16.6 Å². The summed E-state index contributed by atoms with van der Waals surface area (Å²) in [6, 6.07) is 2.97. The minimum atomic E-state index is -0.606. The lowest BCUT2D eigenvalue weighted by Crippen LogP contribution is -1.99. The number of β-amino-alcohol motifs (C(OH)–C–C–N with tert-alkyl or cyclic N) is 1. The van der Waals surface area contributed by atoms with Crippen molar-refractivity contribution in [3.63, 3.8) is 0 Å². The fraction of sp³-hybridized carbons (Fsp3) is 0.250. The molecule has 0 saturated heterocycles. The first-order valence-electron chi connectivity index (χ1n) is 3.60. The molecule has 0 bridgehead atoms. The van der Waals surface area contributed by atoms with Crippen LogP contribution in [0, 0.1) is 5.82 Å². The van der Waals surface area contributed by atoms with Gasteiger partial charge in [0.15, 0.2) is 0 Å². The molecule has 0 spiro atoms. The van der Waals surface area contributed by atoms with Crippen molar-refractivity contribution in [1.29, 1.82) is 0 Å². The lowest BCUT2D eigenvalue weighted by molar-refractivity contribution is 0.199. The SMILES string of the molecule is O[C@H]1CNc2c(F)ccc(Br)c21. The van der Waals surface area contributed by atoms with Gasteiger partial charge in [-0.1, -0.05) is 15.9 Å². The van der Waals surface area contributed by atoms with E-state index in [-0.39, 0.29) is 5.82 Å². The van der Waals surface area contributed by atoms with Crippen molar-refractivity contribution >= 4 is 21.6 Å². The summed E-state index contributed by atoms with van der Waals surface area (Å²) < 4.78 is 13.8. The number of fused-ring (bicyclic) bond motifs is 1. The summed E-state index contributed by atoms with van der Waals surface area (Å²) in [6.07, 6.45) is -0.606. The number of halogens is 2. The van der Waals surface area contributed by atoms with E-state index < -0.39 is 6.10 Å². The summed E-state index contributed by atoms with van der Waals surface area (Å²) in [7, 11) is 0. The van der Waals surface area contributed by atoms with Crippen molar-refractivity contribution in [3.8, 4) is 0 Å². The van der Waals surface area contributed by atoms with Crippen molar-refractivity contribution in [2.75, 3.05) is 11.9 Å². The summed E-state index contributed by atoms with van der Waals surface area (Å²) in [5.41, 5.74) is 1.03. The molecule has 12 heavy (non-hydrogen) atoms. The number of anilines is 1. The van der Waals surface area contributed by atoms with Gasteiger partial charge < -0.3 is 10.4 Å². The molecule has 2 N–H and O–H groups in total. The Morgan fingerprint density at radius 1 is 1.58 bits per heavy atom. The van der Waals surface area contributed by atoms with Gasteiger partial charge in [0.1, 0.15) is 5.82 Å². The van der Waals surface area contributed by atoms with Gasteiger partial charge in [0.2, 0.25) is 0 Å². The average molecular weight is 232 g/mol. The van der Waals surface area contributed by atoms with Gasteiger partial charge in [-0.05, 0) is 12.1 Å². The highest BCUT2D eigenvalue weighted by Crippen LogP contribution is 2.37. The van der Waals surface area contributed by atoms with E-state index >= 15 is 0 Å². The van der Waals surface area contributed by atoms with Crippen LogP contribution in [0.5, 0.6) is 0 Å². The molecule has 0 unspecified atom stereocenters. The van der Waals surface area contributed by atoms with Crippen LogP contribution in [0.2, 0.25) is 0 Å². The Labute approximate surface area is 77.5 Å². The van der Waals surface area contributed by atoms with Gasteiger partial charge in [-0.25, -0.2) is 4.39 Å². The molecular weight excluding hydrogens is 225 g/mol. The molecule has 2 nitrogen and oxygen atoms in total. The van der Waals surface area contributed by atoms with E-state index in [4.69, 9.17) is 0 Å². The second-order valence-corrected chi connectivity index (χ2v) is 3.57. The standard InChI is InChI=1S/C8H7BrFNO/c9-4-1-2-5(10)8-7(4)6(12)3-11-8/h1-2,6,11-12H,3H2/t6-/m0/s1. The largest absolute Gasteiger partial charge is 0.386 e. The number of rotatable bonds is 0. The zero-order valence-corrected chi connectivity index (χ0v) is 7.73. The molecule has 1 atom stereocenters. The first-order valence-corrected chi connectivity index (χ1v) is 4.39. The second-order valence-electron chi connectivity index (χ2n) is 2.71. The molecule has 2 rings (SSSR count). The Hall–Kier alpha value is -0.610. The quantitative estimate of drug-likeness (QED) is 0.717. The fourth-order valence-electron chi connectivity index (χ4n) is 1.37. The van der Waals surface area contributed by atoms with Crippen LogP contribution in [-0.4, -0.2) is 11.7 Å². The molecule has 0 amide bonds. The van der Waals surface area contributed by atoms with Crippen LogP contribution in [0.3, 0.4) is 0 Å². The maximum atomic E-state index is 13.0. The molecule has 0 aliphatic carbocycles. The van der Waals surface area contributed by atoms with E-state index in [2.05, 4.69) is 21.2 Å². The van der Waals surface area contributed by atoms with E-state index in [9.17, 15) is 9.50 Å². The Morgan fingerprint density at radius 2 is 2.33 bits per heavy atom. The van der Waals surface area contributed by atoms with E-state index in [1.165, 1.54) is 6.07 Å². The van der Waals surface area contributed by atoms with E-state index in [1.807, 2.05) is 0 Å². The van der Waals surface area contributed by atoms with Crippen molar-refractivity contribution in [3.05, 3.63) is 28.0 Å². The van der Waals surface area contributed by atoms with Crippen molar-refractivity contribution in [1.82, 2.24) is 0 Å². The molecule has 0 fully saturated rings. The Balaban J connectivity index is 2.64. The molecule has 4 heteroatoms. The smallest absolute Gasteiger partial charge is 0.146 e. The molecule has 0 saturated carbocycles. The van der Waals surface area contributed by atoms with E-state index in [1.54, 1.807) is 6.07 Å². The summed E-state index contributed by atoms with van der Waals surface area (Å²) in [6.45, 7) is 0.384. The molecule has 1 aromatic rings. The third-order valence-electron chi connectivity index (χ3n) is 1.95. The van der Waals surface area contributed by atoms with Gasteiger partial charge in [0.25, 0.3) is 0 Å². The maximum Gasteiger partial charge on any atom is 0.146 e. The summed E-state index contributed by atoms with van der Waals surface area (Å²) in [5, 5.41) is 12.2. The van der Waals surface area contributed by atoms with E-state index in [0.717, 1.165) is 4.47 Å². The van der Waals surface area contributed by atoms with Gasteiger partial charge in [0.05, 0.1) is 11.8 Å². The Kier molecular flexibility index (Phi) is 1.81. The summed E-state index contributed by atoms with van der Waals surface area (Å²) in [4.78, 5) is 0. The summed E-state index contributed by atoms with van der Waals surface area (Å²) in [5.74, 6) is -0.315. The van der Waals surface area contributed by atoms with Crippen LogP contribution >= 0.6 is 15.9 Å². The van der Waals surface area contributed by atoms with Gasteiger partial charge >= 0.3 is 0 Å². The predicted octanol–water partition coefficient (Wildman–Crippen LogP) is 2.05. The van der Waals surface area contributed by atoms with Gasteiger partial charge in [-0.15, -0.1) is 0 Å². The van der Waals surface area contributed by atoms with Gasteiger partial charge in [-0.3, -0.25) is 0 Å². The number of aliphatic hydroxyl groups is 1. The predicted molar refractivity (Wildman–Crippen MR) is 47.5 cm³/mol. The highest BCUT2D eigenvalue weighted by Gasteiger charge is 2.24. The van der Waals surface area contributed by atoms with Crippen LogP contribution < -0.4 is 5.32 Å². The Morgan fingerprint density at radius 3 is 3.00 bits per heavy atom. The zero-order valence-electron chi connectivity index (χ0n) is 6.14. The first kappa shape index (κ1) is 8.01. The first-order chi connectivity index (χ1) is 5.70. The van der Waals surface area contributed by atoms with Crippen LogP contribution in [-0.2, 0) is 0 Å². The minimum Gasteiger partial charge on any atom is -0.386 e. The number of benzene rings is 1. The number of hydrogen-bond acceptors (Lipinski definition) is 2. The second kappa shape index (κ2) is 2.71. The maximum absolute atomic E-state index is 13.0. The van der Waals surface area contributed by atoms with Gasteiger partial charge in [-0.2, -0.15) is 0 Å². The number of nitrogens with one attached hydrogen (secondary N) is 1. The Bertz CT molecular complexity index is 329. The summed E-state index contributed by atoms with van der Waals surface area (Å²) >= 11 is 3.26. The van der Waals surface area contributed by atoms with Crippen molar-refractivity contribution in [2.45, 2.75) is 6.10 Å². The van der Waals surface area contributed by atoms with E-state index in [0.29, 0.717) is 17.8 Å². The third kappa shape index (κ3) is 1.03. The number of aliphatic hydroxyl groups excluding tert-OH is 1. The monoisotopic (exact) mass is 231 g/mol. The molecule has 0 radical (unpaired) electrons. The van der Waals surface area contributed by atoms with Crippen molar-refractivity contribution in [2.24, 2.45) is 0 Å². The highest BCUT2D eigenvalue weighted by atomic mass is 79.9. The zero-order chi connectivity index (χ0) is 8.72.